The van der Waals surface area contributed by atoms with E-state index < -0.39 is 0 Å². The lowest BCUT2D eigenvalue weighted by Gasteiger charge is -2.50. The van der Waals surface area contributed by atoms with Gasteiger partial charge in [-0.15, -0.1) is 0 Å². The summed E-state index contributed by atoms with van der Waals surface area (Å²) in [5.41, 5.74) is 18.3. The van der Waals surface area contributed by atoms with E-state index in [1.54, 1.807) is 0 Å². The highest BCUT2D eigenvalue weighted by atomic mass is 16.3. The molecule has 0 amide bonds. The lowest BCUT2D eigenvalue weighted by atomic mass is 9.35. The van der Waals surface area contributed by atoms with Crippen LogP contribution in [-0.4, -0.2) is 12.8 Å². The van der Waals surface area contributed by atoms with Crippen LogP contribution in [0, 0.1) is 16.7 Å². The highest BCUT2D eigenvalue weighted by Gasteiger charge is 2.60. The van der Waals surface area contributed by atoms with Gasteiger partial charge in [-0.1, -0.05) is 161 Å². The van der Waals surface area contributed by atoms with Crippen LogP contribution < -0.4 is 26.4 Å². The van der Waals surface area contributed by atoms with Gasteiger partial charge in [0, 0.05) is 34.4 Å². The van der Waals surface area contributed by atoms with Crippen molar-refractivity contribution < 1.29 is 4.42 Å². The second-order valence-corrected chi connectivity index (χ2v) is 21.5. The number of hydrogen-bond donors (Lipinski definition) is 0. The maximum Gasteiger partial charge on any atom is 0.297 e. The third-order valence-electron chi connectivity index (χ3n) is 14.8. The summed E-state index contributed by atoms with van der Waals surface area (Å²) in [5, 5.41) is 0. The van der Waals surface area contributed by atoms with Crippen LogP contribution in [-0.2, 0) is 17.3 Å². The quantitative estimate of drug-likeness (QED) is 0.157. The maximum absolute atomic E-state index is 7.61. The molecule has 4 aliphatic rings. The summed E-state index contributed by atoms with van der Waals surface area (Å²) in [6, 6.07) is 44.2. The van der Waals surface area contributed by atoms with Gasteiger partial charge in [0.15, 0.2) is 0 Å². The molecule has 3 nitrogen and oxygen atoms in total. The molecule has 0 radical (unpaired) electrons. The molecular formula is C55H61BN2O. The SMILES string of the molecule is CCCc1cc2c3c(c1)N(C1CC4CC1(C)CC4(C)C)c1ccc(C(C)(C)C)cc1B3c1oc(-c3ccccc3)c(-c3ccccc3)c1N2c1ccc(C(C)(C)C)cc1. The first kappa shape index (κ1) is 38.3. The fraction of sp³-hybridized carbons (Fsp3) is 0.382. The van der Waals surface area contributed by atoms with Crippen molar-refractivity contribution in [2.75, 3.05) is 9.80 Å². The van der Waals surface area contributed by atoms with E-state index in [1.165, 1.54) is 75.2 Å². The Morgan fingerprint density at radius 1 is 0.712 bits per heavy atom. The summed E-state index contributed by atoms with van der Waals surface area (Å²) >= 11 is 0. The van der Waals surface area contributed by atoms with Crippen molar-refractivity contribution in [2.24, 2.45) is 16.7 Å². The van der Waals surface area contributed by atoms with Gasteiger partial charge in [-0.3, -0.25) is 0 Å². The third-order valence-corrected chi connectivity index (χ3v) is 14.8. The van der Waals surface area contributed by atoms with Gasteiger partial charge in [-0.25, -0.2) is 0 Å². The molecule has 2 saturated carbocycles. The Hall–Kier alpha value is -4.96. The molecule has 3 unspecified atom stereocenters. The van der Waals surface area contributed by atoms with E-state index in [9.17, 15) is 0 Å². The van der Waals surface area contributed by atoms with E-state index in [-0.39, 0.29) is 23.0 Å². The van der Waals surface area contributed by atoms with E-state index in [1.807, 2.05) is 0 Å². The highest BCUT2D eigenvalue weighted by Crippen LogP contribution is 2.65. The topological polar surface area (TPSA) is 19.6 Å². The van der Waals surface area contributed by atoms with Gasteiger partial charge < -0.3 is 14.2 Å². The van der Waals surface area contributed by atoms with Gasteiger partial charge in [0.05, 0.1) is 16.9 Å². The molecule has 0 spiro atoms. The summed E-state index contributed by atoms with van der Waals surface area (Å²) in [4.78, 5) is 5.45. The predicted molar refractivity (Wildman–Crippen MR) is 252 cm³/mol. The van der Waals surface area contributed by atoms with Crippen LogP contribution in [0.2, 0.25) is 0 Å². The molecule has 5 aromatic carbocycles. The van der Waals surface area contributed by atoms with Crippen molar-refractivity contribution in [1.82, 2.24) is 0 Å². The van der Waals surface area contributed by atoms with E-state index in [4.69, 9.17) is 4.42 Å². The number of aryl methyl sites for hydroxylation is 1. The standard InChI is InChI=1S/C55H61BN2O/c1-11-18-35-29-44-48-45(30-35)58(46-32-40-33-55(46,10)34-54(40,8)9)43-28-25-39(53(5,6)7)31-42(43)56(48)51-49(57(44)41-26-23-38(24-27-41)52(2,3)4)47(36-19-14-12-15-20-36)50(59-51)37-21-16-13-17-22-37/h12-17,19-31,40,46H,11,18,32-34H2,1-10H3. The molecule has 0 saturated heterocycles. The second-order valence-electron chi connectivity index (χ2n) is 21.5. The van der Waals surface area contributed by atoms with Crippen molar-refractivity contribution in [1.29, 1.82) is 0 Å². The number of nitrogens with zero attached hydrogens (tertiary/aromatic N) is 2. The Labute approximate surface area is 353 Å². The van der Waals surface area contributed by atoms with Gasteiger partial charge in [0.2, 0.25) is 0 Å². The summed E-state index contributed by atoms with van der Waals surface area (Å²) in [7, 11) is 0. The first-order valence-corrected chi connectivity index (χ1v) is 22.4. The number of hydrogen-bond acceptors (Lipinski definition) is 3. The summed E-state index contributed by atoms with van der Waals surface area (Å²) in [6.45, 7) is 23.9. The number of anilines is 5. The van der Waals surface area contributed by atoms with Crippen LogP contribution in [0.5, 0.6) is 0 Å². The number of rotatable bonds is 6. The fourth-order valence-corrected chi connectivity index (χ4v) is 11.9. The molecule has 1 aromatic heterocycles. The van der Waals surface area contributed by atoms with E-state index in [0.717, 1.165) is 47.0 Å². The van der Waals surface area contributed by atoms with Crippen LogP contribution in [0.15, 0.2) is 120 Å². The summed E-state index contributed by atoms with van der Waals surface area (Å²) in [5.74, 6) is 1.65. The highest BCUT2D eigenvalue weighted by molar-refractivity contribution is 6.99. The minimum atomic E-state index is -0.0768. The molecule has 300 valence electrons. The summed E-state index contributed by atoms with van der Waals surface area (Å²) in [6.07, 6.45) is 5.91. The smallest absolute Gasteiger partial charge is 0.297 e. The van der Waals surface area contributed by atoms with Crippen molar-refractivity contribution in [3.63, 3.8) is 0 Å². The minimum Gasteiger partial charge on any atom is -0.467 e. The Bertz CT molecular complexity index is 2570. The Morgan fingerprint density at radius 3 is 1.93 bits per heavy atom. The molecule has 6 aromatic rings. The Morgan fingerprint density at radius 2 is 1.34 bits per heavy atom. The average Bonchev–Trinajstić information content (AvgIpc) is 3.83. The molecule has 2 aliphatic carbocycles. The Kier molecular flexibility index (Phi) is 8.61. The van der Waals surface area contributed by atoms with E-state index >= 15 is 0 Å². The van der Waals surface area contributed by atoms with Crippen LogP contribution in [0.3, 0.4) is 0 Å². The molecule has 0 N–H and O–H groups in total. The van der Waals surface area contributed by atoms with Crippen molar-refractivity contribution in [2.45, 2.75) is 118 Å². The number of fused-ring (bicyclic) bond motifs is 6. The number of furan rings is 1. The lowest BCUT2D eigenvalue weighted by molar-refractivity contribution is 0.159. The predicted octanol–water partition coefficient (Wildman–Crippen LogP) is 13.1. The van der Waals surface area contributed by atoms with Gasteiger partial charge in [0.25, 0.3) is 6.71 Å². The second kappa shape index (κ2) is 13.3. The van der Waals surface area contributed by atoms with Crippen LogP contribution >= 0.6 is 0 Å². The van der Waals surface area contributed by atoms with Crippen molar-refractivity contribution in [3.8, 4) is 22.5 Å². The number of benzene rings is 5. The van der Waals surface area contributed by atoms with Gasteiger partial charge in [-0.05, 0) is 117 Å². The molecule has 2 fully saturated rings. The normalized spacial score (nSPS) is 21.4. The van der Waals surface area contributed by atoms with E-state index in [0.29, 0.717) is 11.5 Å². The minimum absolute atomic E-state index is 0.0116. The molecule has 4 heteroatoms. The van der Waals surface area contributed by atoms with Crippen molar-refractivity contribution >= 4 is 51.7 Å². The lowest BCUT2D eigenvalue weighted by Crippen LogP contribution is -2.63. The monoisotopic (exact) mass is 776 g/mol. The van der Waals surface area contributed by atoms with Crippen molar-refractivity contribution in [3.05, 3.63) is 132 Å². The van der Waals surface area contributed by atoms with Crippen LogP contribution in [0.1, 0.15) is 112 Å². The molecule has 3 atom stereocenters. The molecule has 2 aliphatic heterocycles. The zero-order valence-corrected chi connectivity index (χ0v) is 37.0. The summed E-state index contributed by atoms with van der Waals surface area (Å²) < 4.78 is 7.61. The first-order valence-electron chi connectivity index (χ1n) is 22.4. The molecule has 10 rings (SSSR count). The van der Waals surface area contributed by atoms with Gasteiger partial charge >= 0.3 is 0 Å². The molecule has 3 heterocycles. The molecule has 2 bridgehead atoms. The zero-order chi connectivity index (χ0) is 41.2. The van der Waals surface area contributed by atoms with Crippen LogP contribution in [0.25, 0.3) is 22.5 Å². The van der Waals surface area contributed by atoms with Crippen LogP contribution in [0.4, 0.5) is 28.4 Å². The van der Waals surface area contributed by atoms with Gasteiger partial charge in [0.1, 0.15) is 5.76 Å². The maximum atomic E-state index is 7.61. The van der Waals surface area contributed by atoms with Gasteiger partial charge in [-0.2, -0.15) is 0 Å². The zero-order valence-electron chi connectivity index (χ0n) is 37.0. The molecule has 59 heavy (non-hydrogen) atoms. The first-order chi connectivity index (χ1) is 28.1. The molecular weight excluding hydrogens is 715 g/mol. The fourth-order valence-electron chi connectivity index (χ4n) is 11.9. The largest absolute Gasteiger partial charge is 0.467 e. The average molecular weight is 777 g/mol. The van der Waals surface area contributed by atoms with E-state index in [2.05, 4.69) is 194 Å². The third kappa shape index (κ3) is 5.98. The Balaban J connectivity index is 1.33.